The lowest BCUT2D eigenvalue weighted by molar-refractivity contribution is 0.699. The lowest BCUT2D eigenvalue weighted by Gasteiger charge is -2.29. The van der Waals surface area contributed by atoms with Crippen molar-refractivity contribution in [3.63, 3.8) is 0 Å². The van der Waals surface area contributed by atoms with Crippen molar-refractivity contribution in [3.05, 3.63) is 46.4 Å². The molecule has 20 heavy (non-hydrogen) atoms. The van der Waals surface area contributed by atoms with Crippen molar-refractivity contribution < 1.29 is 0 Å². The van der Waals surface area contributed by atoms with Crippen molar-refractivity contribution >= 4 is 11.1 Å². The van der Waals surface area contributed by atoms with Crippen LogP contribution >= 0.6 is 0 Å². The third kappa shape index (κ3) is 2.04. The van der Waals surface area contributed by atoms with Gasteiger partial charge in [-0.15, -0.1) is 0 Å². The summed E-state index contributed by atoms with van der Waals surface area (Å²) in [6, 6.07) is 0.422. The summed E-state index contributed by atoms with van der Waals surface area (Å²) < 4.78 is 0. The van der Waals surface area contributed by atoms with Crippen LogP contribution in [0.1, 0.15) is 57.4 Å². The van der Waals surface area contributed by atoms with Crippen molar-refractivity contribution in [2.24, 2.45) is 0 Å². The van der Waals surface area contributed by atoms with E-state index in [2.05, 4.69) is 56.3 Å². The maximum absolute atomic E-state index is 3.54. The van der Waals surface area contributed by atoms with Crippen LogP contribution in [0, 0.1) is 0 Å². The highest BCUT2D eigenvalue weighted by molar-refractivity contribution is 5.86. The van der Waals surface area contributed by atoms with E-state index in [1.54, 1.807) is 0 Å². The van der Waals surface area contributed by atoms with Gasteiger partial charge in [0.2, 0.25) is 0 Å². The van der Waals surface area contributed by atoms with Crippen LogP contribution in [0.3, 0.4) is 0 Å². The fourth-order valence-corrected chi connectivity index (χ4v) is 3.56. The van der Waals surface area contributed by atoms with Crippen molar-refractivity contribution in [1.82, 2.24) is 10.3 Å². The normalized spacial score (nSPS) is 22.1. The smallest absolute Gasteiger partial charge is 0.0445 e. The summed E-state index contributed by atoms with van der Waals surface area (Å²) >= 11 is 0. The first kappa shape index (κ1) is 13.3. The van der Waals surface area contributed by atoms with Gasteiger partial charge in [0.1, 0.15) is 0 Å². The highest BCUT2D eigenvalue weighted by Crippen LogP contribution is 2.41. The zero-order chi connectivity index (χ0) is 14.3. The Morgan fingerprint density at radius 3 is 2.95 bits per heavy atom. The zero-order valence-electron chi connectivity index (χ0n) is 12.9. The molecule has 0 fully saturated rings. The molecule has 0 saturated heterocycles. The number of hydrogen-bond donors (Lipinski definition) is 2. The molecule has 0 spiro atoms. The number of dihydropyridines is 1. The second kappa shape index (κ2) is 5.01. The van der Waals surface area contributed by atoms with Gasteiger partial charge in [0, 0.05) is 29.2 Å². The molecule has 1 unspecified atom stereocenters. The minimum atomic E-state index is 0.422. The van der Waals surface area contributed by atoms with Crippen LogP contribution in [0.5, 0.6) is 0 Å². The average Bonchev–Trinajstić information content (AvgIpc) is 2.83. The monoisotopic (exact) mass is 268 g/mol. The Labute approximate surface area is 121 Å². The quantitative estimate of drug-likeness (QED) is 0.816. The van der Waals surface area contributed by atoms with E-state index in [9.17, 15) is 0 Å². The molecule has 1 aliphatic heterocycles. The fraction of sp³-hybridized carbons (Fsp3) is 0.444. The minimum Gasteiger partial charge on any atom is -0.382 e. The summed E-state index contributed by atoms with van der Waals surface area (Å²) in [7, 11) is 0. The van der Waals surface area contributed by atoms with E-state index in [4.69, 9.17) is 0 Å². The van der Waals surface area contributed by atoms with Gasteiger partial charge in [0.25, 0.3) is 0 Å². The van der Waals surface area contributed by atoms with Crippen molar-refractivity contribution in [1.29, 1.82) is 0 Å². The summed E-state index contributed by atoms with van der Waals surface area (Å²) in [4.78, 5) is 3.51. The molecule has 106 valence electrons. The lowest BCUT2D eigenvalue weighted by atomic mass is 9.81. The molecule has 3 rings (SSSR count). The SMILES string of the molecule is CC/C=C(\C)c1[nH]cc2c1CCC1=C(C)NC(C)C=C12. The third-order valence-electron chi connectivity index (χ3n) is 4.45. The van der Waals surface area contributed by atoms with E-state index in [-0.39, 0.29) is 0 Å². The maximum atomic E-state index is 3.54. The predicted octanol–water partition coefficient (Wildman–Crippen LogP) is 4.42. The highest BCUT2D eigenvalue weighted by Gasteiger charge is 2.27. The summed E-state index contributed by atoms with van der Waals surface area (Å²) in [5.41, 5.74) is 9.93. The molecule has 1 atom stereocenters. The molecule has 1 aromatic rings. The largest absolute Gasteiger partial charge is 0.382 e. The van der Waals surface area contributed by atoms with Crippen molar-refractivity contribution in [2.45, 2.75) is 53.0 Å². The number of aromatic nitrogens is 1. The predicted molar refractivity (Wildman–Crippen MR) is 86.3 cm³/mol. The Bertz CT molecular complexity index is 626. The molecule has 1 aliphatic carbocycles. The summed E-state index contributed by atoms with van der Waals surface area (Å²) in [5.74, 6) is 0. The van der Waals surface area contributed by atoms with E-state index in [0.29, 0.717) is 6.04 Å². The van der Waals surface area contributed by atoms with Gasteiger partial charge in [0.15, 0.2) is 0 Å². The number of rotatable bonds is 2. The topological polar surface area (TPSA) is 27.8 Å². The number of aromatic amines is 1. The maximum Gasteiger partial charge on any atom is 0.0445 e. The Balaban J connectivity index is 2.09. The van der Waals surface area contributed by atoms with Crippen molar-refractivity contribution in [2.75, 3.05) is 0 Å². The van der Waals surface area contributed by atoms with Crippen LogP contribution in [0.15, 0.2) is 29.6 Å². The van der Waals surface area contributed by atoms with E-state index < -0.39 is 0 Å². The van der Waals surface area contributed by atoms with Gasteiger partial charge in [-0.2, -0.15) is 0 Å². The number of hydrogen-bond acceptors (Lipinski definition) is 1. The van der Waals surface area contributed by atoms with Crippen LogP contribution in [-0.2, 0) is 6.42 Å². The first-order chi connectivity index (χ1) is 9.61. The minimum absolute atomic E-state index is 0.422. The molecule has 0 saturated carbocycles. The molecular formula is C18H24N2. The summed E-state index contributed by atoms with van der Waals surface area (Å²) in [6.45, 7) is 8.84. The van der Waals surface area contributed by atoms with E-state index >= 15 is 0 Å². The standard InChI is InChI=1S/C18H24N2/c1-5-6-11(2)18-15-8-7-14-13(4)20-12(3)9-16(14)17(15)10-19-18/h6,9-10,12,19-20H,5,7-8H2,1-4H3/b11-6+. The molecule has 0 amide bonds. The molecule has 0 bridgehead atoms. The van der Waals surface area contributed by atoms with E-state index in [1.807, 2.05) is 0 Å². The molecule has 2 N–H and O–H groups in total. The Kier molecular flexibility index (Phi) is 3.33. The molecule has 0 radical (unpaired) electrons. The lowest BCUT2D eigenvalue weighted by Crippen LogP contribution is -2.28. The average molecular weight is 268 g/mol. The van der Waals surface area contributed by atoms with Crippen LogP contribution < -0.4 is 5.32 Å². The molecule has 2 heteroatoms. The van der Waals surface area contributed by atoms with E-state index in [1.165, 1.54) is 39.2 Å². The second-order valence-electron chi connectivity index (χ2n) is 5.97. The number of nitrogens with one attached hydrogen (secondary N) is 2. The first-order valence-corrected chi connectivity index (χ1v) is 7.68. The van der Waals surface area contributed by atoms with Gasteiger partial charge in [-0.1, -0.05) is 19.1 Å². The Morgan fingerprint density at radius 2 is 2.20 bits per heavy atom. The zero-order valence-corrected chi connectivity index (χ0v) is 12.9. The highest BCUT2D eigenvalue weighted by atomic mass is 14.9. The third-order valence-corrected chi connectivity index (χ3v) is 4.45. The van der Waals surface area contributed by atoms with Gasteiger partial charge >= 0.3 is 0 Å². The van der Waals surface area contributed by atoms with E-state index in [0.717, 1.165) is 19.3 Å². The molecule has 0 aromatic carbocycles. The molecular weight excluding hydrogens is 244 g/mol. The van der Waals surface area contributed by atoms with Gasteiger partial charge in [-0.3, -0.25) is 0 Å². The molecule has 2 heterocycles. The first-order valence-electron chi connectivity index (χ1n) is 7.68. The molecule has 1 aromatic heterocycles. The van der Waals surface area contributed by atoms with Crippen molar-refractivity contribution in [3.8, 4) is 0 Å². The Morgan fingerprint density at radius 1 is 1.40 bits per heavy atom. The summed E-state index contributed by atoms with van der Waals surface area (Å²) in [6.07, 6.45) is 10.3. The van der Waals surface area contributed by atoms with Gasteiger partial charge in [-0.05, 0) is 62.3 Å². The molecule has 2 aliphatic rings. The van der Waals surface area contributed by atoms with Gasteiger partial charge in [-0.25, -0.2) is 0 Å². The van der Waals surface area contributed by atoms with Gasteiger partial charge in [0.05, 0.1) is 0 Å². The fourth-order valence-electron chi connectivity index (χ4n) is 3.56. The van der Waals surface area contributed by atoms with Crippen LogP contribution in [0.2, 0.25) is 0 Å². The summed E-state index contributed by atoms with van der Waals surface area (Å²) in [5, 5.41) is 3.54. The van der Waals surface area contributed by atoms with Gasteiger partial charge < -0.3 is 10.3 Å². The number of H-pyrrole nitrogens is 1. The van der Waals surface area contributed by atoms with Crippen LogP contribution in [-0.4, -0.2) is 11.0 Å². The van der Waals surface area contributed by atoms with Crippen LogP contribution in [0.25, 0.3) is 11.1 Å². The Hall–Kier alpha value is -1.70. The number of fused-ring (bicyclic) bond motifs is 3. The number of allylic oxidation sites excluding steroid dienone is 5. The second-order valence-corrected chi connectivity index (χ2v) is 5.97. The molecule has 2 nitrogen and oxygen atoms in total. The van der Waals surface area contributed by atoms with Crippen LogP contribution in [0.4, 0.5) is 0 Å².